The van der Waals surface area contributed by atoms with Crippen molar-refractivity contribution in [1.29, 1.82) is 0 Å². The van der Waals surface area contributed by atoms with Crippen LogP contribution in [0.2, 0.25) is 0 Å². The number of nitrogens with zero attached hydrogens (tertiary/aromatic N) is 3. The van der Waals surface area contributed by atoms with Crippen molar-refractivity contribution in [3.63, 3.8) is 0 Å². The van der Waals surface area contributed by atoms with Gasteiger partial charge in [-0.05, 0) is 57.1 Å². The third-order valence-corrected chi connectivity index (χ3v) is 7.59. The van der Waals surface area contributed by atoms with Crippen molar-refractivity contribution in [1.82, 2.24) is 9.88 Å². The quantitative estimate of drug-likeness (QED) is 0.400. The van der Waals surface area contributed by atoms with Gasteiger partial charge in [-0.2, -0.15) is 0 Å². The molecule has 0 aliphatic heterocycles. The summed E-state index contributed by atoms with van der Waals surface area (Å²) in [5, 5.41) is 0.809. The molecule has 0 atom stereocenters. The summed E-state index contributed by atoms with van der Waals surface area (Å²) >= 11 is 3.22. The third-order valence-electron chi connectivity index (χ3n) is 5.38. The second-order valence-electron chi connectivity index (χ2n) is 7.55. The lowest BCUT2D eigenvalue weighted by Gasteiger charge is -2.24. The van der Waals surface area contributed by atoms with Gasteiger partial charge in [0.2, 0.25) is 5.91 Å². The molecule has 3 rings (SSSR count). The highest BCUT2D eigenvalue weighted by Gasteiger charge is 2.21. The van der Waals surface area contributed by atoms with E-state index < -0.39 is 0 Å². The molecular weight excluding hydrogens is 410 g/mol. The predicted molar refractivity (Wildman–Crippen MR) is 131 cm³/mol. The molecule has 0 bridgehead atoms. The molecule has 0 saturated carbocycles. The van der Waals surface area contributed by atoms with Crippen molar-refractivity contribution in [2.24, 2.45) is 0 Å². The van der Waals surface area contributed by atoms with Crippen LogP contribution in [-0.2, 0) is 4.79 Å². The Labute approximate surface area is 188 Å². The van der Waals surface area contributed by atoms with E-state index in [4.69, 9.17) is 4.98 Å². The number of aromatic nitrogens is 1. The summed E-state index contributed by atoms with van der Waals surface area (Å²) < 4.78 is 1.18. The molecule has 160 valence electrons. The molecule has 1 heterocycles. The summed E-state index contributed by atoms with van der Waals surface area (Å²) in [6.45, 7) is 14.1. The number of rotatable bonds is 9. The average Bonchev–Trinajstić information content (AvgIpc) is 3.20. The summed E-state index contributed by atoms with van der Waals surface area (Å²) in [5.74, 6) is 0.525. The SMILES string of the molecule is CCN(CC)CCN(C(=O)CSc1ccc(C)cc1)c1nc2c(C)ccc(C)c2s1. The van der Waals surface area contributed by atoms with Gasteiger partial charge in [-0.25, -0.2) is 4.98 Å². The summed E-state index contributed by atoms with van der Waals surface area (Å²) in [6.07, 6.45) is 0. The van der Waals surface area contributed by atoms with E-state index in [1.165, 1.54) is 15.8 Å². The summed E-state index contributed by atoms with van der Waals surface area (Å²) in [7, 11) is 0. The predicted octanol–water partition coefficient (Wildman–Crippen LogP) is 5.69. The number of amides is 1. The van der Waals surface area contributed by atoms with Gasteiger partial charge in [0.1, 0.15) is 0 Å². The van der Waals surface area contributed by atoms with Gasteiger partial charge < -0.3 is 4.90 Å². The van der Waals surface area contributed by atoms with E-state index in [-0.39, 0.29) is 5.91 Å². The first-order valence-electron chi connectivity index (χ1n) is 10.5. The number of anilines is 1. The Morgan fingerprint density at radius 2 is 1.63 bits per heavy atom. The highest BCUT2D eigenvalue weighted by atomic mass is 32.2. The molecule has 3 aromatic rings. The Hall–Kier alpha value is -1.89. The Morgan fingerprint density at radius 3 is 2.27 bits per heavy atom. The number of likely N-dealkylation sites (N-methyl/N-ethyl adjacent to an activating group) is 1. The first kappa shape index (κ1) is 22.8. The molecule has 0 aliphatic carbocycles. The zero-order valence-corrected chi connectivity index (χ0v) is 20.2. The molecule has 0 radical (unpaired) electrons. The smallest absolute Gasteiger partial charge is 0.239 e. The van der Waals surface area contributed by atoms with Crippen LogP contribution in [0.25, 0.3) is 10.2 Å². The molecular formula is C24H31N3OS2. The lowest BCUT2D eigenvalue weighted by atomic mass is 10.1. The van der Waals surface area contributed by atoms with Gasteiger partial charge in [0.25, 0.3) is 0 Å². The van der Waals surface area contributed by atoms with E-state index >= 15 is 0 Å². The summed E-state index contributed by atoms with van der Waals surface area (Å²) in [4.78, 5) is 23.5. The fourth-order valence-electron chi connectivity index (χ4n) is 3.33. The Bertz CT molecular complexity index is 955. The number of fused-ring (bicyclic) bond motifs is 1. The maximum absolute atomic E-state index is 13.3. The van der Waals surface area contributed by atoms with Gasteiger partial charge in [-0.1, -0.05) is 55.0 Å². The molecule has 1 amide bonds. The zero-order valence-electron chi connectivity index (χ0n) is 18.6. The second-order valence-corrected chi connectivity index (χ2v) is 9.57. The number of thiazole rings is 1. The summed E-state index contributed by atoms with van der Waals surface area (Å²) in [5.41, 5.74) is 4.61. The van der Waals surface area contributed by atoms with E-state index in [1.807, 2.05) is 4.90 Å². The minimum Gasteiger partial charge on any atom is -0.302 e. The van der Waals surface area contributed by atoms with Crippen LogP contribution in [0.1, 0.15) is 30.5 Å². The number of hydrogen-bond acceptors (Lipinski definition) is 5. The van der Waals surface area contributed by atoms with E-state index in [0.717, 1.165) is 40.7 Å². The maximum atomic E-state index is 13.3. The van der Waals surface area contributed by atoms with Gasteiger partial charge in [-0.15, -0.1) is 11.8 Å². The largest absolute Gasteiger partial charge is 0.302 e. The van der Waals surface area contributed by atoms with Gasteiger partial charge in [0, 0.05) is 18.0 Å². The van der Waals surface area contributed by atoms with Crippen LogP contribution < -0.4 is 4.90 Å². The zero-order chi connectivity index (χ0) is 21.7. The molecule has 0 spiro atoms. The topological polar surface area (TPSA) is 36.4 Å². The Kier molecular flexibility index (Phi) is 7.92. The molecule has 4 nitrogen and oxygen atoms in total. The van der Waals surface area contributed by atoms with Crippen LogP contribution in [0.15, 0.2) is 41.3 Å². The minimum atomic E-state index is 0.113. The van der Waals surface area contributed by atoms with Crippen LogP contribution in [0.5, 0.6) is 0 Å². The molecule has 30 heavy (non-hydrogen) atoms. The molecule has 0 aliphatic rings. The fraction of sp³-hybridized carbons (Fsp3) is 0.417. The first-order chi connectivity index (χ1) is 14.4. The highest BCUT2D eigenvalue weighted by molar-refractivity contribution is 8.00. The third kappa shape index (κ3) is 5.42. The number of aryl methyl sites for hydroxylation is 3. The van der Waals surface area contributed by atoms with E-state index in [2.05, 4.69) is 75.9 Å². The molecule has 0 fully saturated rings. The van der Waals surface area contributed by atoms with E-state index in [0.29, 0.717) is 12.3 Å². The monoisotopic (exact) mass is 441 g/mol. The van der Waals surface area contributed by atoms with E-state index in [1.54, 1.807) is 23.1 Å². The van der Waals surface area contributed by atoms with Crippen molar-refractivity contribution in [3.05, 3.63) is 53.1 Å². The normalized spacial score (nSPS) is 11.4. The first-order valence-corrected chi connectivity index (χ1v) is 12.3. The standard InChI is InChI=1S/C24H31N3OS2/c1-6-26(7-2)14-15-27(21(28)16-29-20-12-8-17(3)9-13-20)24-25-22-18(4)10-11-19(5)23(22)30-24/h8-13H,6-7,14-16H2,1-5H3. The Morgan fingerprint density at radius 1 is 0.967 bits per heavy atom. The number of benzene rings is 2. The Balaban J connectivity index is 1.84. The molecule has 2 aromatic carbocycles. The van der Waals surface area contributed by atoms with Crippen molar-refractivity contribution < 1.29 is 4.79 Å². The van der Waals surface area contributed by atoms with Crippen LogP contribution in [-0.4, -0.2) is 47.7 Å². The molecule has 0 unspecified atom stereocenters. The number of hydrogen-bond donors (Lipinski definition) is 0. The van der Waals surface area contributed by atoms with E-state index in [9.17, 15) is 4.79 Å². The fourth-order valence-corrected chi connectivity index (χ4v) is 5.26. The summed E-state index contributed by atoms with van der Waals surface area (Å²) in [6, 6.07) is 12.6. The average molecular weight is 442 g/mol. The molecule has 1 aromatic heterocycles. The van der Waals surface area contributed by atoms with Crippen molar-refractivity contribution >= 4 is 44.4 Å². The van der Waals surface area contributed by atoms with Gasteiger partial charge >= 0.3 is 0 Å². The molecule has 0 N–H and O–H groups in total. The van der Waals surface area contributed by atoms with Crippen LogP contribution >= 0.6 is 23.1 Å². The lowest BCUT2D eigenvalue weighted by Crippen LogP contribution is -2.39. The van der Waals surface area contributed by atoms with Crippen LogP contribution in [0.4, 0.5) is 5.13 Å². The number of carbonyl (C=O) groups excluding carboxylic acids is 1. The van der Waals surface area contributed by atoms with Crippen LogP contribution in [0.3, 0.4) is 0 Å². The maximum Gasteiger partial charge on any atom is 0.239 e. The van der Waals surface area contributed by atoms with Gasteiger partial charge in [0.05, 0.1) is 16.0 Å². The lowest BCUT2D eigenvalue weighted by molar-refractivity contribution is -0.116. The van der Waals surface area contributed by atoms with Crippen LogP contribution in [0, 0.1) is 20.8 Å². The van der Waals surface area contributed by atoms with Crippen molar-refractivity contribution in [3.8, 4) is 0 Å². The number of carbonyl (C=O) groups is 1. The van der Waals surface area contributed by atoms with Gasteiger partial charge in [-0.3, -0.25) is 9.69 Å². The molecule has 6 heteroatoms. The van der Waals surface area contributed by atoms with Crippen molar-refractivity contribution in [2.75, 3.05) is 36.8 Å². The van der Waals surface area contributed by atoms with Crippen molar-refractivity contribution in [2.45, 2.75) is 39.5 Å². The second kappa shape index (κ2) is 10.4. The number of thioether (sulfide) groups is 1. The minimum absolute atomic E-state index is 0.113. The highest BCUT2D eigenvalue weighted by Crippen LogP contribution is 2.33. The van der Waals surface area contributed by atoms with Gasteiger partial charge in [0.15, 0.2) is 5.13 Å². The molecule has 0 saturated heterocycles.